The third kappa shape index (κ3) is 4.99. The van der Waals surface area contributed by atoms with Crippen LogP contribution in [0.25, 0.3) is 5.69 Å². The van der Waals surface area contributed by atoms with Crippen molar-refractivity contribution in [3.63, 3.8) is 0 Å². The maximum atomic E-state index is 12.8. The number of hydrogen-bond donors (Lipinski definition) is 3. The summed E-state index contributed by atoms with van der Waals surface area (Å²) < 4.78 is 24.3. The molecule has 0 radical (unpaired) electrons. The zero-order valence-corrected chi connectivity index (χ0v) is 16.8. The van der Waals surface area contributed by atoms with Crippen LogP contribution in [0.1, 0.15) is 38.5 Å². The summed E-state index contributed by atoms with van der Waals surface area (Å²) >= 11 is 0. The lowest BCUT2D eigenvalue weighted by Crippen LogP contribution is -2.39. The topological polar surface area (TPSA) is 126 Å². The van der Waals surface area contributed by atoms with Gasteiger partial charge in [-0.15, -0.1) is 0 Å². The highest BCUT2D eigenvalue weighted by atomic mass is 32.2. The van der Waals surface area contributed by atoms with Crippen LogP contribution in [0, 0.1) is 13.8 Å². The van der Waals surface area contributed by atoms with Crippen molar-refractivity contribution in [2.75, 3.05) is 18.6 Å². The summed E-state index contributed by atoms with van der Waals surface area (Å²) in [6, 6.07) is 7.53. The van der Waals surface area contributed by atoms with E-state index in [1.807, 2.05) is 0 Å². The minimum absolute atomic E-state index is 0.0912. The van der Waals surface area contributed by atoms with E-state index in [1.165, 1.54) is 6.07 Å². The normalized spacial score (nSPS) is 12.6. The Kier molecular flexibility index (Phi) is 6.63. The Bertz CT molecular complexity index is 994. The zero-order valence-electron chi connectivity index (χ0n) is 16.0. The minimum Gasteiger partial charge on any atom is -0.478 e. The van der Waals surface area contributed by atoms with Crippen molar-refractivity contribution >= 4 is 21.7 Å². The molecule has 1 atom stereocenters. The van der Waals surface area contributed by atoms with Gasteiger partial charge < -0.3 is 20.1 Å². The third-order valence-electron chi connectivity index (χ3n) is 4.44. The molecule has 8 nitrogen and oxygen atoms in total. The molecule has 2 aromatic rings. The number of aromatic carboxylic acids is 1. The van der Waals surface area contributed by atoms with Gasteiger partial charge in [-0.05, 0) is 38.5 Å². The van der Waals surface area contributed by atoms with Crippen molar-refractivity contribution in [1.82, 2.24) is 9.88 Å². The van der Waals surface area contributed by atoms with Gasteiger partial charge in [0.15, 0.2) is 0 Å². The number of para-hydroxylation sites is 1. The van der Waals surface area contributed by atoms with Gasteiger partial charge in [0, 0.05) is 17.6 Å². The average Bonchev–Trinajstić information content (AvgIpc) is 2.92. The van der Waals surface area contributed by atoms with Crippen LogP contribution in [0.4, 0.5) is 0 Å². The van der Waals surface area contributed by atoms with E-state index in [2.05, 4.69) is 5.32 Å². The smallest absolute Gasteiger partial charge is 0.337 e. The van der Waals surface area contributed by atoms with Gasteiger partial charge in [-0.25, -0.2) is 13.2 Å². The number of benzene rings is 1. The van der Waals surface area contributed by atoms with E-state index in [4.69, 9.17) is 0 Å². The molecule has 0 unspecified atom stereocenters. The molecule has 1 aromatic carbocycles. The van der Waals surface area contributed by atoms with Crippen LogP contribution in [0.15, 0.2) is 30.3 Å². The maximum Gasteiger partial charge on any atom is 0.337 e. The summed E-state index contributed by atoms with van der Waals surface area (Å²) in [4.78, 5) is 24.2. The zero-order chi connectivity index (χ0) is 21.1. The fourth-order valence-electron chi connectivity index (χ4n) is 3.04. The van der Waals surface area contributed by atoms with E-state index in [1.54, 1.807) is 42.7 Å². The quantitative estimate of drug-likeness (QED) is 0.605. The first-order valence-electron chi connectivity index (χ1n) is 8.66. The molecule has 3 N–H and O–H groups in total. The lowest BCUT2D eigenvalue weighted by molar-refractivity contribution is 0.0696. The van der Waals surface area contributed by atoms with Crippen LogP contribution >= 0.6 is 0 Å². The second-order valence-electron chi connectivity index (χ2n) is 6.71. The van der Waals surface area contributed by atoms with Gasteiger partial charge in [-0.1, -0.05) is 12.1 Å². The number of aryl methyl sites for hydroxylation is 1. The highest BCUT2D eigenvalue weighted by Crippen LogP contribution is 2.24. The van der Waals surface area contributed by atoms with Gasteiger partial charge in [-0.3, -0.25) is 4.79 Å². The Morgan fingerprint density at radius 3 is 2.36 bits per heavy atom. The molecular weight excluding hydrogens is 384 g/mol. The number of carbonyl (C=O) groups is 2. The molecular formula is C19H24N2O6S. The Morgan fingerprint density at radius 1 is 1.18 bits per heavy atom. The molecule has 0 aliphatic rings. The van der Waals surface area contributed by atoms with E-state index in [-0.39, 0.29) is 17.7 Å². The Hall–Kier alpha value is -2.65. The molecule has 152 valence electrons. The first kappa shape index (κ1) is 21.6. The molecule has 1 aromatic heterocycles. The summed E-state index contributed by atoms with van der Waals surface area (Å²) in [6.07, 6.45) is 1.18. The molecule has 0 aliphatic carbocycles. The van der Waals surface area contributed by atoms with Gasteiger partial charge in [-0.2, -0.15) is 0 Å². The monoisotopic (exact) mass is 408 g/mol. The molecule has 9 heteroatoms. The second kappa shape index (κ2) is 8.57. The van der Waals surface area contributed by atoms with E-state index in [0.29, 0.717) is 22.6 Å². The van der Waals surface area contributed by atoms with Crippen LogP contribution in [0.2, 0.25) is 0 Å². The van der Waals surface area contributed by atoms with E-state index >= 15 is 0 Å². The van der Waals surface area contributed by atoms with E-state index in [0.717, 1.165) is 6.26 Å². The van der Waals surface area contributed by atoms with E-state index in [9.17, 15) is 28.2 Å². The lowest BCUT2D eigenvalue weighted by Gasteiger charge is -2.19. The summed E-state index contributed by atoms with van der Waals surface area (Å²) in [7, 11) is -3.22. The number of carboxylic acid groups (broad SMARTS) is 1. The number of amides is 1. The van der Waals surface area contributed by atoms with E-state index < -0.39 is 34.4 Å². The number of carboxylic acids is 1. The van der Waals surface area contributed by atoms with Gasteiger partial charge in [0.05, 0.1) is 35.2 Å². The number of nitrogens with one attached hydrogen (secondary N) is 1. The predicted octanol–water partition coefficient (Wildman–Crippen LogP) is 1.32. The van der Waals surface area contributed by atoms with Crippen LogP contribution in [-0.2, 0) is 9.84 Å². The average molecular weight is 408 g/mol. The molecule has 1 heterocycles. The van der Waals surface area contributed by atoms with Gasteiger partial charge in [0.2, 0.25) is 0 Å². The second-order valence-corrected chi connectivity index (χ2v) is 8.97. The fourth-order valence-corrected chi connectivity index (χ4v) is 3.75. The molecule has 2 rings (SSSR count). The number of aromatic nitrogens is 1. The number of sulfone groups is 1. The summed E-state index contributed by atoms with van der Waals surface area (Å²) in [6.45, 7) is 3.01. The largest absolute Gasteiger partial charge is 0.478 e. The molecule has 0 aliphatic heterocycles. The third-order valence-corrected chi connectivity index (χ3v) is 5.42. The number of carbonyl (C=O) groups excluding carboxylic acids is 1. The van der Waals surface area contributed by atoms with Gasteiger partial charge in [0.1, 0.15) is 9.84 Å². The fraction of sp³-hybridized carbons (Fsp3) is 0.368. The molecule has 0 saturated heterocycles. The summed E-state index contributed by atoms with van der Waals surface area (Å²) in [5, 5.41) is 21.5. The number of rotatable bonds is 8. The van der Waals surface area contributed by atoms with Crippen molar-refractivity contribution < 1.29 is 28.2 Å². The highest BCUT2D eigenvalue weighted by molar-refractivity contribution is 7.90. The first-order chi connectivity index (χ1) is 13.0. The van der Waals surface area contributed by atoms with Gasteiger partial charge in [0.25, 0.3) is 5.91 Å². The Balaban J connectivity index is 2.36. The molecule has 0 spiro atoms. The van der Waals surface area contributed by atoms with Crippen LogP contribution < -0.4 is 5.32 Å². The number of nitrogens with zero attached hydrogens (tertiary/aromatic N) is 1. The lowest BCUT2D eigenvalue weighted by atomic mass is 10.1. The van der Waals surface area contributed by atoms with Crippen LogP contribution in [0.3, 0.4) is 0 Å². The highest BCUT2D eigenvalue weighted by Gasteiger charge is 2.21. The van der Waals surface area contributed by atoms with Gasteiger partial charge >= 0.3 is 5.97 Å². The molecule has 0 bridgehead atoms. The van der Waals surface area contributed by atoms with Crippen molar-refractivity contribution in [2.45, 2.75) is 26.3 Å². The number of aliphatic hydroxyl groups is 1. The maximum absolute atomic E-state index is 12.8. The number of aliphatic hydroxyl groups excluding tert-OH is 1. The van der Waals surface area contributed by atoms with Crippen molar-refractivity contribution in [3.8, 4) is 5.69 Å². The van der Waals surface area contributed by atoms with Crippen LogP contribution in [0.5, 0.6) is 0 Å². The molecule has 28 heavy (non-hydrogen) atoms. The van der Waals surface area contributed by atoms with Crippen molar-refractivity contribution in [1.29, 1.82) is 0 Å². The predicted molar refractivity (Wildman–Crippen MR) is 105 cm³/mol. The number of hydrogen-bond acceptors (Lipinski definition) is 5. The SMILES string of the molecule is Cc1cc(C(=O)O)c(C)n1-c1ccccc1C(=O)N[C@H](CO)CCS(C)(=O)=O. The summed E-state index contributed by atoms with van der Waals surface area (Å²) in [5.41, 5.74) is 2.09. The molecule has 0 fully saturated rings. The molecule has 0 saturated carbocycles. The van der Waals surface area contributed by atoms with Crippen LogP contribution in [-0.4, -0.2) is 59.7 Å². The van der Waals surface area contributed by atoms with Crippen molar-refractivity contribution in [2.24, 2.45) is 0 Å². The standard InChI is InChI=1S/C19H24N2O6S/c1-12-10-16(19(24)25)13(2)21(12)17-7-5-4-6-15(17)18(23)20-14(11-22)8-9-28(3,26)27/h4-7,10,14,22H,8-9,11H2,1-3H3,(H,20,23)(H,24,25)/t14-/m0/s1. The first-order valence-corrected chi connectivity index (χ1v) is 10.7. The Morgan fingerprint density at radius 2 is 1.82 bits per heavy atom. The Labute approximate surface area is 163 Å². The minimum atomic E-state index is -3.22. The summed E-state index contributed by atoms with van der Waals surface area (Å²) in [5.74, 6) is -1.69. The molecule has 1 amide bonds. The van der Waals surface area contributed by atoms with Crippen molar-refractivity contribution in [3.05, 3.63) is 52.8 Å².